The first-order chi connectivity index (χ1) is 23.7. The first-order valence-corrected chi connectivity index (χ1v) is 20.7. The van der Waals surface area contributed by atoms with Gasteiger partial charge in [-0.25, -0.2) is 0 Å². The van der Waals surface area contributed by atoms with Crippen LogP contribution in [-0.2, 0) is 0 Å². The number of hydrogen-bond acceptors (Lipinski definition) is 4. The molecule has 0 aromatic heterocycles. The Kier molecular flexibility index (Phi) is 11.7. The van der Waals surface area contributed by atoms with Gasteiger partial charge in [0.1, 0.15) is 0 Å². The minimum absolute atomic E-state index is 0.0456. The summed E-state index contributed by atoms with van der Waals surface area (Å²) in [5.41, 5.74) is 1.86. The number of carbonyl (C=O) groups excluding carboxylic acids is 2. The van der Waals surface area contributed by atoms with Gasteiger partial charge in [-0.3, -0.25) is 9.59 Å². The quantitative estimate of drug-likeness (QED) is 0.130. The van der Waals surface area contributed by atoms with E-state index in [4.69, 9.17) is 0 Å². The molecule has 0 heterocycles. The van der Waals surface area contributed by atoms with Crippen molar-refractivity contribution in [3.63, 3.8) is 0 Å². The molecule has 4 aliphatic rings. The third-order valence-electron chi connectivity index (χ3n) is 12.9. The summed E-state index contributed by atoms with van der Waals surface area (Å²) < 4.78 is 0. The number of benzene rings is 2. The zero-order chi connectivity index (χ0) is 34.7. The largest absolute Gasteiger partial charge is 0.294 e. The van der Waals surface area contributed by atoms with Crippen LogP contribution in [0.2, 0.25) is 0 Å². The molecule has 2 aromatic rings. The number of thioether (sulfide) groups is 2. The van der Waals surface area contributed by atoms with Gasteiger partial charge in [0.15, 0.2) is 11.6 Å². The van der Waals surface area contributed by atoms with Crippen molar-refractivity contribution < 1.29 is 9.59 Å². The third kappa shape index (κ3) is 7.43. The van der Waals surface area contributed by atoms with Gasteiger partial charge in [0.05, 0.1) is 0 Å². The number of Topliss-reactive ketones (excluding diaryl/α,β-unsaturated/α-hetero) is 2. The first kappa shape index (κ1) is 36.2. The van der Waals surface area contributed by atoms with Crippen molar-refractivity contribution in [1.29, 1.82) is 0 Å². The van der Waals surface area contributed by atoms with Crippen molar-refractivity contribution in [1.82, 2.24) is 0 Å². The fourth-order valence-electron chi connectivity index (χ4n) is 10.2. The predicted octanol–water partition coefficient (Wildman–Crippen LogP) is 11.3. The van der Waals surface area contributed by atoms with E-state index in [9.17, 15) is 9.59 Å². The molecule has 2 nitrogen and oxygen atoms in total. The van der Waals surface area contributed by atoms with Crippen LogP contribution in [0.3, 0.4) is 0 Å². The maximum atomic E-state index is 13.9. The lowest BCUT2D eigenvalue weighted by Crippen LogP contribution is -2.29. The van der Waals surface area contributed by atoms with Crippen molar-refractivity contribution in [3.05, 3.63) is 122 Å². The molecule has 4 aliphatic carbocycles. The predicted molar refractivity (Wildman–Crippen MR) is 211 cm³/mol. The summed E-state index contributed by atoms with van der Waals surface area (Å²) >= 11 is 4.11. The molecule has 0 spiro atoms. The van der Waals surface area contributed by atoms with E-state index in [-0.39, 0.29) is 17.3 Å². The number of rotatable bonds is 16. The van der Waals surface area contributed by atoms with Crippen molar-refractivity contribution in [2.24, 2.45) is 64.6 Å². The Morgan fingerprint density at radius 3 is 1.33 bits per heavy atom. The molecule has 0 aliphatic heterocycles. The van der Waals surface area contributed by atoms with E-state index < -0.39 is 0 Å². The van der Waals surface area contributed by atoms with Gasteiger partial charge in [0.2, 0.25) is 0 Å². The van der Waals surface area contributed by atoms with Crippen LogP contribution in [0, 0.1) is 64.6 Å². The molecule has 12 atom stereocenters. The van der Waals surface area contributed by atoms with E-state index in [0.717, 1.165) is 61.2 Å². The number of hydrogen-bond donors (Lipinski definition) is 0. The summed E-state index contributed by atoms with van der Waals surface area (Å²) in [5, 5.41) is 0.624. The smallest absolute Gasteiger partial charge is 0.167 e. The molecule has 49 heavy (non-hydrogen) atoms. The number of carbonyl (C=O) groups is 2. The second-order valence-corrected chi connectivity index (χ2v) is 18.6. The van der Waals surface area contributed by atoms with Gasteiger partial charge in [-0.15, -0.1) is 26.3 Å². The lowest BCUT2D eigenvalue weighted by Gasteiger charge is -2.31. The van der Waals surface area contributed by atoms with Crippen LogP contribution in [0.1, 0.15) is 73.1 Å². The maximum absolute atomic E-state index is 13.9. The van der Waals surface area contributed by atoms with Crippen molar-refractivity contribution >= 4 is 35.1 Å². The topological polar surface area (TPSA) is 34.1 Å². The van der Waals surface area contributed by atoms with Crippen LogP contribution in [-0.4, -0.2) is 33.6 Å². The highest BCUT2D eigenvalue weighted by Gasteiger charge is 2.56. The highest BCUT2D eigenvalue weighted by Crippen LogP contribution is 2.59. The highest BCUT2D eigenvalue weighted by molar-refractivity contribution is 8.00. The summed E-state index contributed by atoms with van der Waals surface area (Å²) in [6, 6.07) is 19.9. The first-order valence-electron chi connectivity index (χ1n) is 18.6. The molecule has 2 aromatic carbocycles. The fourth-order valence-corrected chi connectivity index (χ4v) is 14.3. The van der Waals surface area contributed by atoms with E-state index >= 15 is 0 Å². The summed E-state index contributed by atoms with van der Waals surface area (Å²) in [6.07, 6.45) is 15.0. The molecule has 0 radical (unpaired) electrons. The number of allylic oxidation sites excluding steroid dienone is 4. The van der Waals surface area contributed by atoms with Gasteiger partial charge in [-0.1, -0.05) is 98.8 Å². The Morgan fingerprint density at radius 1 is 0.612 bits per heavy atom. The van der Waals surface area contributed by atoms with Crippen molar-refractivity contribution in [3.8, 4) is 0 Å². The zero-order valence-corrected chi connectivity index (χ0v) is 31.3. The minimum Gasteiger partial charge on any atom is -0.294 e. The average Bonchev–Trinajstić information content (AvgIpc) is 3.87. The summed E-state index contributed by atoms with van der Waals surface area (Å²) in [4.78, 5) is 27.9. The van der Waals surface area contributed by atoms with E-state index in [1.807, 2.05) is 60.7 Å². The van der Waals surface area contributed by atoms with Crippen LogP contribution in [0.4, 0.5) is 0 Å². The third-order valence-corrected chi connectivity index (χ3v) is 15.9. The molecule has 6 rings (SSSR count). The van der Waals surface area contributed by atoms with Crippen LogP contribution in [0.5, 0.6) is 0 Å². The monoisotopic (exact) mass is 692 g/mol. The Hall–Kier alpha value is -2.56. The van der Waals surface area contributed by atoms with E-state index in [2.05, 4.69) is 88.0 Å². The molecule has 0 amide bonds. The van der Waals surface area contributed by atoms with Gasteiger partial charge < -0.3 is 0 Å². The van der Waals surface area contributed by atoms with Crippen LogP contribution in [0.25, 0.3) is 0 Å². The second kappa shape index (κ2) is 15.8. The molecule has 4 fully saturated rings. The average molecular weight is 693 g/mol. The van der Waals surface area contributed by atoms with Gasteiger partial charge in [-0.05, 0) is 103 Å². The maximum Gasteiger partial charge on any atom is 0.167 e. The highest BCUT2D eigenvalue weighted by atomic mass is 32.2. The fraction of sp³-hybridized carbons (Fsp3) is 0.511. The lowest BCUT2D eigenvalue weighted by molar-refractivity contribution is 0.0910. The van der Waals surface area contributed by atoms with Crippen molar-refractivity contribution in [2.45, 2.75) is 62.9 Å². The van der Waals surface area contributed by atoms with E-state index in [1.54, 1.807) is 0 Å². The molecule has 260 valence electrons. The van der Waals surface area contributed by atoms with Gasteiger partial charge >= 0.3 is 0 Å². The Morgan fingerprint density at radius 2 is 0.980 bits per heavy atom. The molecule has 0 bridgehead atoms. The summed E-state index contributed by atoms with van der Waals surface area (Å²) in [5.74, 6) is 6.63. The molecule has 0 N–H and O–H groups in total. The molecule has 4 saturated carbocycles. The van der Waals surface area contributed by atoms with Crippen LogP contribution < -0.4 is 0 Å². The Labute approximate surface area is 304 Å². The minimum atomic E-state index is 0.0456. The molecule has 0 saturated heterocycles. The molecule has 12 unspecified atom stereocenters. The van der Waals surface area contributed by atoms with Gasteiger partial charge in [0, 0.05) is 33.5 Å². The Balaban J connectivity index is 1.11. The number of ketones is 2. The van der Waals surface area contributed by atoms with Crippen molar-refractivity contribution in [2.75, 3.05) is 11.5 Å². The summed E-state index contributed by atoms with van der Waals surface area (Å²) in [7, 11) is 0. The normalized spacial score (nSPS) is 35.0. The van der Waals surface area contributed by atoms with E-state index in [0.29, 0.717) is 69.4 Å². The zero-order valence-electron chi connectivity index (χ0n) is 29.6. The second-order valence-electron chi connectivity index (χ2n) is 16.0. The number of fused-ring (bicyclic) bond motifs is 2. The molecular weight excluding hydrogens is 637 g/mol. The standard InChI is InChI=1S/C45H56O2S2/c1-7-29-25-31(9-3)39-35(29)27-37(41(46)33-17-13-11-14-18-33)43(39)48-23-21-45(5,6)22-24-49-44-38(42(47)34-19-15-12-16-20-34)28-36-30(8-2)26-32(10-4)40(36)44/h7-20,29-32,35-40,43-44H,1-4,21-28H2,5-6H3. The molecular formula is C45H56O2S2. The van der Waals surface area contributed by atoms with Gasteiger partial charge in [-0.2, -0.15) is 23.5 Å². The molecule has 4 heteroatoms. The van der Waals surface area contributed by atoms with Crippen LogP contribution >= 0.6 is 23.5 Å². The van der Waals surface area contributed by atoms with E-state index in [1.165, 1.54) is 0 Å². The lowest BCUT2D eigenvalue weighted by atomic mass is 9.87. The van der Waals surface area contributed by atoms with Gasteiger partial charge in [0.25, 0.3) is 0 Å². The Bertz CT molecular complexity index is 1380. The summed E-state index contributed by atoms with van der Waals surface area (Å²) in [6.45, 7) is 21.7. The van der Waals surface area contributed by atoms with Crippen LogP contribution in [0.15, 0.2) is 111 Å². The SMILES string of the molecule is C=CC1CC(C=C)C2C1CC(C(=O)c1ccccc1)C2SCCC(C)(C)CCSC1C(C(=O)c2ccccc2)CC2C(C=C)CC(C=C)C21.